The van der Waals surface area contributed by atoms with E-state index in [4.69, 9.17) is 0 Å². The monoisotopic (exact) mass is 194 g/mol. The molecule has 0 aromatic heterocycles. The molecule has 0 aliphatic heterocycles. The van der Waals surface area contributed by atoms with Crippen LogP contribution in [0.1, 0.15) is 25.0 Å². The van der Waals surface area contributed by atoms with Gasteiger partial charge in [-0.2, -0.15) is 0 Å². The average Bonchev–Trinajstić information content (AvgIpc) is 2.58. The topological polar surface area (TPSA) is 0 Å². The summed E-state index contributed by atoms with van der Waals surface area (Å²) in [4.78, 5) is 0. The maximum absolute atomic E-state index is 2.32. The van der Waals surface area contributed by atoms with Crippen molar-refractivity contribution < 1.29 is 0 Å². The molecule has 74 valence electrons. The predicted molar refractivity (Wildman–Crippen MR) is 65.3 cm³/mol. The number of rotatable bonds is 0. The summed E-state index contributed by atoms with van der Waals surface area (Å²) in [6, 6.07) is 8.62. The van der Waals surface area contributed by atoms with E-state index in [9.17, 15) is 0 Å². The van der Waals surface area contributed by atoms with Crippen LogP contribution in [0.4, 0.5) is 0 Å². The van der Waals surface area contributed by atoms with Crippen LogP contribution >= 0.6 is 0 Å². The molecule has 0 amide bonds. The predicted octanol–water partition coefficient (Wildman–Crippen LogP) is 4.06. The molecule has 0 heteroatoms. The van der Waals surface area contributed by atoms with Gasteiger partial charge >= 0.3 is 0 Å². The van der Waals surface area contributed by atoms with Gasteiger partial charge < -0.3 is 0 Å². The van der Waals surface area contributed by atoms with Crippen molar-refractivity contribution in [1.29, 1.82) is 0 Å². The van der Waals surface area contributed by atoms with Crippen molar-refractivity contribution in [3.8, 4) is 0 Å². The summed E-state index contributed by atoms with van der Waals surface area (Å²) in [5.74, 6) is 0. The molecule has 0 saturated heterocycles. The Labute approximate surface area is 90.6 Å². The van der Waals surface area contributed by atoms with E-state index in [0.29, 0.717) is 0 Å². The largest absolute Gasteiger partial charge is 0.0744 e. The number of allylic oxidation sites excluding steroid dienone is 5. The molecule has 2 aliphatic carbocycles. The van der Waals surface area contributed by atoms with Gasteiger partial charge in [-0.1, -0.05) is 56.3 Å². The van der Waals surface area contributed by atoms with Crippen molar-refractivity contribution >= 4 is 11.6 Å². The fourth-order valence-electron chi connectivity index (χ4n) is 2.43. The van der Waals surface area contributed by atoms with Crippen molar-refractivity contribution in [3.05, 3.63) is 59.2 Å². The van der Waals surface area contributed by atoms with Crippen molar-refractivity contribution in [2.45, 2.75) is 13.8 Å². The lowest BCUT2D eigenvalue weighted by atomic mass is 9.77. The maximum atomic E-state index is 2.32. The van der Waals surface area contributed by atoms with E-state index in [-0.39, 0.29) is 5.41 Å². The van der Waals surface area contributed by atoms with Crippen LogP contribution in [0.2, 0.25) is 0 Å². The molecule has 0 radical (unpaired) electrons. The van der Waals surface area contributed by atoms with Gasteiger partial charge in [0.2, 0.25) is 0 Å². The quantitative estimate of drug-likeness (QED) is 0.584. The molecule has 1 aromatic carbocycles. The summed E-state index contributed by atoms with van der Waals surface area (Å²) in [7, 11) is 0. The Morgan fingerprint density at radius 3 is 2.73 bits per heavy atom. The summed E-state index contributed by atoms with van der Waals surface area (Å²) in [5, 5.41) is 0. The fourth-order valence-corrected chi connectivity index (χ4v) is 2.43. The molecule has 3 rings (SSSR count). The summed E-state index contributed by atoms with van der Waals surface area (Å²) >= 11 is 0. The van der Waals surface area contributed by atoms with Crippen LogP contribution < -0.4 is 0 Å². The highest BCUT2D eigenvalue weighted by molar-refractivity contribution is 5.97. The lowest BCUT2D eigenvalue weighted by Crippen LogP contribution is -2.12. The first-order valence-corrected chi connectivity index (χ1v) is 5.40. The number of fused-ring (bicyclic) bond motifs is 3. The first kappa shape index (κ1) is 8.72. The average molecular weight is 194 g/mol. The lowest BCUT2D eigenvalue weighted by molar-refractivity contribution is 0.601. The Hall–Kier alpha value is -1.56. The zero-order valence-corrected chi connectivity index (χ0v) is 9.12. The molecule has 0 spiro atoms. The third-order valence-electron chi connectivity index (χ3n) is 3.31. The molecule has 0 fully saturated rings. The van der Waals surface area contributed by atoms with E-state index in [1.54, 1.807) is 0 Å². The minimum Gasteiger partial charge on any atom is -0.0744 e. The summed E-state index contributed by atoms with van der Waals surface area (Å²) in [6.07, 6.45) is 9.00. The standard InChI is InChI=1S/C15H14/c1-15(2)9-5-8-13-12-7-4-3-6-11(12)10-14(13)15/h3-10H,1-2H3. The second-order valence-electron chi connectivity index (χ2n) is 4.81. The number of benzene rings is 1. The summed E-state index contributed by atoms with van der Waals surface area (Å²) in [5.41, 5.74) is 5.76. The Kier molecular flexibility index (Phi) is 1.59. The Bertz CT molecular complexity index is 511. The Balaban J connectivity index is 2.25. The summed E-state index contributed by atoms with van der Waals surface area (Å²) in [6.45, 7) is 4.54. The zero-order valence-electron chi connectivity index (χ0n) is 9.12. The first-order chi connectivity index (χ1) is 7.18. The van der Waals surface area contributed by atoms with Crippen LogP contribution in [0, 0.1) is 5.41 Å². The molecule has 0 bridgehead atoms. The van der Waals surface area contributed by atoms with E-state index in [1.807, 2.05) is 0 Å². The van der Waals surface area contributed by atoms with Gasteiger partial charge in [0.25, 0.3) is 0 Å². The molecule has 0 nitrogen and oxygen atoms in total. The molecular formula is C15H14. The molecule has 15 heavy (non-hydrogen) atoms. The van der Waals surface area contributed by atoms with E-state index < -0.39 is 0 Å². The third-order valence-corrected chi connectivity index (χ3v) is 3.31. The minimum absolute atomic E-state index is 0.170. The van der Waals surface area contributed by atoms with Crippen molar-refractivity contribution in [1.82, 2.24) is 0 Å². The summed E-state index contributed by atoms with van der Waals surface area (Å²) < 4.78 is 0. The van der Waals surface area contributed by atoms with Crippen LogP contribution in [-0.2, 0) is 0 Å². The maximum Gasteiger partial charge on any atom is 0.00847 e. The molecule has 0 heterocycles. The van der Waals surface area contributed by atoms with Crippen LogP contribution in [0.5, 0.6) is 0 Å². The highest BCUT2D eigenvalue weighted by Gasteiger charge is 2.30. The zero-order chi connectivity index (χ0) is 10.5. The van der Waals surface area contributed by atoms with Gasteiger partial charge in [-0.3, -0.25) is 0 Å². The SMILES string of the molecule is CC1(C)C=CC=C2C1=Cc1ccccc12. The molecule has 0 saturated carbocycles. The molecular weight excluding hydrogens is 180 g/mol. The fraction of sp³-hybridized carbons (Fsp3) is 0.200. The number of hydrogen-bond donors (Lipinski definition) is 0. The van der Waals surface area contributed by atoms with Gasteiger partial charge in [-0.25, -0.2) is 0 Å². The van der Waals surface area contributed by atoms with Crippen molar-refractivity contribution in [2.24, 2.45) is 5.41 Å². The first-order valence-electron chi connectivity index (χ1n) is 5.40. The Morgan fingerprint density at radius 2 is 1.87 bits per heavy atom. The van der Waals surface area contributed by atoms with Crippen LogP contribution in [0.25, 0.3) is 11.6 Å². The van der Waals surface area contributed by atoms with E-state index in [1.165, 1.54) is 22.3 Å². The lowest BCUT2D eigenvalue weighted by Gasteiger charge is -2.26. The molecule has 0 unspecified atom stereocenters. The smallest absolute Gasteiger partial charge is 0.00847 e. The second kappa shape index (κ2) is 2.73. The van der Waals surface area contributed by atoms with Gasteiger partial charge in [0.05, 0.1) is 0 Å². The molecule has 0 atom stereocenters. The van der Waals surface area contributed by atoms with E-state index in [0.717, 1.165) is 0 Å². The Morgan fingerprint density at radius 1 is 1.07 bits per heavy atom. The molecule has 0 N–H and O–H groups in total. The minimum atomic E-state index is 0.170. The van der Waals surface area contributed by atoms with Gasteiger partial charge in [-0.05, 0) is 28.3 Å². The van der Waals surface area contributed by atoms with Gasteiger partial charge in [0, 0.05) is 5.41 Å². The number of hydrogen-bond acceptors (Lipinski definition) is 0. The highest BCUT2D eigenvalue weighted by Crippen LogP contribution is 2.47. The highest BCUT2D eigenvalue weighted by atomic mass is 14.3. The van der Waals surface area contributed by atoms with Crippen LogP contribution in [0.15, 0.2) is 48.1 Å². The molecule has 1 aromatic rings. The van der Waals surface area contributed by atoms with Gasteiger partial charge in [0.1, 0.15) is 0 Å². The molecule has 2 aliphatic rings. The van der Waals surface area contributed by atoms with E-state index >= 15 is 0 Å². The van der Waals surface area contributed by atoms with Crippen LogP contribution in [-0.4, -0.2) is 0 Å². The van der Waals surface area contributed by atoms with Gasteiger partial charge in [0.15, 0.2) is 0 Å². The normalized spacial score (nSPS) is 20.4. The van der Waals surface area contributed by atoms with Crippen molar-refractivity contribution in [2.75, 3.05) is 0 Å². The van der Waals surface area contributed by atoms with Gasteiger partial charge in [-0.15, -0.1) is 0 Å². The second-order valence-corrected chi connectivity index (χ2v) is 4.81. The van der Waals surface area contributed by atoms with Crippen LogP contribution in [0.3, 0.4) is 0 Å². The van der Waals surface area contributed by atoms with E-state index in [2.05, 4.69) is 62.4 Å². The third kappa shape index (κ3) is 1.14. The van der Waals surface area contributed by atoms with Crippen molar-refractivity contribution in [3.63, 3.8) is 0 Å².